The number of carbonyl (C=O) groups is 1. The number of rotatable bonds is 3. The Morgan fingerprint density at radius 2 is 2.23 bits per heavy atom. The molecule has 1 amide bonds. The van der Waals surface area contributed by atoms with E-state index in [1.807, 2.05) is 24.0 Å². The fraction of sp³-hybridized carbons (Fsp3) is 0.500. The Balaban J connectivity index is 1.71. The van der Waals surface area contributed by atoms with E-state index in [2.05, 4.69) is 20.2 Å². The van der Waals surface area contributed by atoms with Gasteiger partial charge in [0.25, 0.3) is 0 Å². The lowest BCUT2D eigenvalue weighted by Gasteiger charge is -2.31. The van der Waals surface area contributed by atoms with Crippen molar-refractivity contribution in [2.45, 2.75) is 33.1 Å². The molecule has 2 aromatic heterocycles. The number of aryl methyl sites for hydroxylation is 1. The average molecular weight is 299 g/mol. The number of nitrogens with one attached hydrogen (secondary N) is 1. The minimum Gasteiger partial charge on any atom is -0.343 e. The van der Waals surface area contributed by atoms with Gasteiger partial charge in [-0.05, 0) is 44.2 Å². The maximum absolute atomic E-state index is 11.5. The van der Waals surface area contributed by atoms with Crippen LogP contribution in [0.5, 0.6) is 0 Å². The summed E-state index contributed by atoms with van der Waals surface area (Å²) in [5.74, 6) is 0.640. The highest BCUT2D eigenvalue weighted by atomic mass is 16.2. The third kappa shape index (κ3) is 3.32. The van der Waals surface area contributed by atoms with Gasteiger partial charge in [-0.25, -0.2) is 9.97 Å². The largest absolute Gasteiger partial charge is 0.343 e. The van der Waals surface area contributed by atoms with Gasteiger partial charge in [0, 0.05) is 31.4 Å². The van der Waals surface area contributed by atoms with Gasteiger partial charge in [-0.1, -0.05) is 0 Å². The van der Waals surface area contributed by atoms with Gasteiger partial charge in [0.2, 0.25) is 5.91 Å². The SMILES string of the molecule is CC(=O)N1CCC[C@H](Cc2cc(-c3cc(C)[nH]n3)ncn2)C1. The molecule has 0 saturated carbocycles. The van der Waals surface area contributed by atoms with Gasteiger partial charge in [-0.3, -0.25) is 9.89 Å². The van der Waals surface area contributed by atoms with E-state index in [4.69, 9.17) is 0 Å². The van der Waals surface area contributed by atoms with Crippen molar-refractivity contribution in [1.29, 1.82) is 0 Å². The maximum Gasteiger partial charge on any atom is 0.219 e. The molecule has 1 aliphatic heterocycles. The van der Waals surface area contributed by atoms with E-state index in [0.29, 0.717) is 5.92 Å². The van der Waals surface area contributed by atoms with Gasteiger partial charge in [0.05, 0.1) is 5.69 Å². The van der Waals surface area contributed by atoms with Gasteiger partial charge in [0.1, 0.15) is 12.0 Å². The lowest BCUT2D eigenvalue weighted by atomic mass is 9.93. The van der Waals surface area contributed by atoms with Crippen LogP contribution in [-0.4, -0.2) is 44.1 Å². The summed E-state index contributed by atoms with van der Waals surface area (Å²) in [6, 6.07) is 3.98. The molecule has 1 aliphatic rings. The molecule has 0 aromatic carbocycles. The second kappa shape index (κ2) is 6.25. The maximum atomic E-state index is 11.5. The standard InChI is InChI=1S/C16H21N5O/c1-11-6-16(20-19-11)15-8-14(17-10-18-15)7-13-4-3-5-21(9-13)12(2)22/h6,8,10,13H,3-5,7,9H2,1-2H3,(H,19,20)/t13-/m1/s1. The number of aromatic amines is 1. The fourth-order valence-corrected chi connectivity index (χ4v) is 3.01. The summed E-state index contributed by atoms with van der Waals surface area (Å²) in [6.07, 6.45) is 4.69. The Labute approximate surface area is 130 Å². The minimum atomic E-state index is 0.167. The van der Waals surface area contributed by atoms with Crippen LogP contribution in [0.25, 0.3) is 11.4 Å². The van der Waals surface area contributed by atoms with Crippen LogP contribution in [-0.2, 0) is 11.2 Å². The van der Waals surface area contributed by atoms with Gasteiger partial charge in [0.15, 0.2) is 0 Å². The number of hydrogen-bond acceptors (Lipinski definition) is 4. The van der Waals surface area contributed by atoms with E-state index >= 15 is 0 Å². The molecule has 1 saturated heterocycles. The first-order valence-electron chi connectivity index (χ1n) is 7.70. The van der Waals surface area contributed by atoms with Crippen LogP contribution in [0.15, 0.2) is 18.5 Å². The quantitative estimate of drug-likeness (QED) is 0.940. The first kappa shape index (κ1) is 14.7. The lowest BCUT2D eigenvalue weighted by molar-refractivity contribution is -0.130. The fourth-order valence-electron chi connectivity index (χ4n) is 3.01. The third-order valence-corrected chi connectivity index (χ3v) is 4.15. The van der Waals surface area contributed by atoms with E-state index in [-0.39, 0.29) is 5.91 Å². The first-order chi connectivity index (χ1) is 10.6. The van der Waals surface area contributed by atoms with Crippen LogP contribution in [0.4, 0.5) is 0 Å². The summed E-state index contributed by atoms with van der Waals surface area (Å²) >= 11 is 0. The van der Waals surface area contributed by atoms with Crippen molar-refractivity contribution in [2.24, 2.45) is 5.92 Å². The molecular weight excluding hydrogens is 278 g/mol. The summed E-state index contributed by atoms with van der Waals surface area (Å²) in [7, 11) is 0. The molecule has 0 unspecified atom stereocenters. The van der Waals surface area contributed by atoms with Gasteiger partial charge in [-0.15, -0.1) is 0 Å². The van der Waals surface area contributed by atoms with Crippen LogP contribution in [0.1, 0.15) is 31.2 Å². The van der Waals surface area contributed by atoms with E-state index < -0.39 is 0 Å². The molecule has 6 heteroatoms. The number of piperidine rings is 1. The third-order valence-electron chi connectivity index (χ3n) is 4.15. The predicted molar refractivity (Wildman–Crippen MR) is 83.0 cm³/mol. The molecule has 0 spiro atoms. The number of H-pyrrole nitrogens is 1. The molecule has 3 rings (SSSR count). The molecule has 22 heavy (non-hydrogen) atoms. The zero-order valence-corrected chi connectivity index (χ0v) is 13.0. The second-order valence-corrected chi connectivity index (χ2v) is 6.01. The number of carbonyl (C=O) groups excluding carboxylic acids is 1. The highest BCUT2D eigenvalue weighted by molar-refractivity contribution is 5.73. The van der Waals surface area contributed by atoms with Crippen molar-refractivity contribution in [1.82, 2.24) is 25.1 Å². The number of likely N-dealkylation sites (tertiary alicyclic amines) is 1. The molecular formula is C16H21N5O. The van der Waals surface area contributed by atoms with Crippen molar-refractivity contribution >= 4 is 5.91 Å². The molecule has 2 aromatic rings. The molecule has 3 heterocycles. The zero-order chi connectivity index (χ0) is 15.5. The van der Waals surface area contributed by atoms with Crippen LogP contribution in [0.3, 0.4) is 0 Å². The lowest BCUT2D eigenvalue weighted by Crippen LogP contribution is -2.39. The monoisotopic (exact) mass is 299 g/mol. The minimum absolute atomic E-state index is 0.167. The summed E-state index contributed by atoms with van der Waals surface area (Å²) < 4.78 is 0. The van der Waals surface area contributed by atoms with Crippen LogP contribution in [0.2, 0.25) is 0 Å². The molecule has 0 radical (unpaired) electrons. The van der Waals surface area contributed by atoms with Crippen molar-refractivity contribution in [2.75, 3.05) is 13.1 Å². The molecule has 6 nitrogen and oxygen atoms in total. The number of amides is 1. The van der Waals surface area contributed by atoms with Crippen molar-refractivity contribution < 1.29 is 4.79 Å². The van der Waals surface area contributed by atoms with Crippen LogP contribution >= 0.6 is 0 Å². The highest BCUT2D eigenvalue weighted by Gasteiger charge is 2.22. The summed E-state index contributed by atoms with van der Waals surface area (Å²) in [5.41, 5.74) is 3.71. The van der Waals surface area contributed by atoms with Gasteiger partial charge in [-0.2, -0.15) is 5.10 Å². The van der Waals surface area contributed by atoms with Crippen molar-refractivity contribution in [3.05, 3.63) is 29.8 Å². The van der Waals surface area contributed by atoms with E-state index in [9.17, 15) is 4.79 Å². The second-order valence-electron chi connectivity index (χ2n) is 6.01. The topological polar surface area (TPSA) is 74.8 Å². The molecule has 0 bridgehead atoms. The zero-order valence-electron chi connectivity index (χ0n) is 13.0. The average Bonchev–Trinajstić information content (AvgIpc) is 2.94. The summed E-state index contributed by atoms with van der Waals surface area (Å²) in [4.78, 5) is 22.1. The Bertz CT molecular complexity index is 666. The van der Waals surface area contributed by atoms with E-state index in [1.54, 1.807) is 13.3 Å². The number of aromatic nitrogens is 4. The van der Waals surface area contributed by atoms with E-state index in [1.165, 1.54) is 0 Å². The first-order valence-corrected chi connectivity index (χ1v) is 7.70. The van der Waals surface area contributed by atoms with Gasteiger partial charge < -0.3 is 4.90 Å². The number of nitrogens with zero attached hydrogens (tertiary/aromatic N) is 4. The predicted octanol–water partition coefficient (Wildman–Crippen LogP) is 1.98. The smallest absolute Gasteiger partial charge is 0.219 e. The van der Waals surface area contributed by atoms with Gasteiger partial charge >= 0.3 is 0 Å². The van der Waals surface area contributed by atoms with Crippen molar-refractivity contribution in [3.63, 3.8) is 0 Å². The molecule has 0 aliphatic carbocycles. The van der Waals surface area contributed by atoms with Crippen molar-refractivity contribution in [3.8, 4) is 11.4 Å². The summed E-state index contributed by atoms with van der Waals surface area (Å²) in [6.45, 7) is 5.33. The normalized spacial score (nSPS) is 18.5. The summed E-state index contributed by atoms with van der Waals surface area (Å²) in [5, 5.41) is 7.17. The molecule has 116 valence electrons. The molecule has 1 fully saturated rings. The Morgan fingerprint density at radius 1 is 1.36 bits per heavy atom. The highest BCUT2D eigenvalue weighted by Crippen LogP contribution is 2.22. The molecule has 1 N–H and O–H groups in total. The molecule has 1 atom stereocenters. The Kier molecular flexibility index (Phi) is 4.18. The van der Waals surface area contributed by atoms with Crippen LogP contribution < -0.4 is 0 Å². The number of hydrogen-bond donors (Lipinski definition) is 1. The Hall–Kier alpha value is -2.24. The Morgan fingerprint density at radius 3 is 2.95 bits per heavy atom. The van der Waals surface area contributed by atoms with E-state index in [0.717, 1.165) is 55.1 Å². The van der Waals surface area contributed by atoms with Crippen LogP contribution in [0, 0.1) is 12.8 Å².